The fourth-order valence-electron chi connectivity index (χ4n) is 4.21. The minimum absolute atomic E-state index is 0.0703. The molecule has 0 aliphatic rings. The third-order valence-electron chi connectivity index (χ3n) is 7.04. The second kappa shape index (κ2) is 16.7. The molecule has 0 fully saturated rings. The van der Waals surface area contributed by atoms with Gasteiger partial charge in [-0.2, -0.15) is 0 Å². The Kier molecular flexibility index (Phi) is 13.0. The number of carbonyl (C=O) groups excluding carboxylic acids is 2. The van der Waals surface area contributed by atoms with Crippen molar-refractivity contribution in [3.05, 3.63) is 72.3 Å². The molecule has 3 aromatic carbocycles. The van der Waals surface area contributed by atoms with Crippen LogP contribution in [0, 0.1) is 5.92 Å². The maximum atomic E-state index is 12.6. The SMILES string of the molecule is CCCCCCCCCOc1ccc(-c2ccc(OC(=O)c3ccc(OC(=O)[C@@H](Cl)[C@@H](C)CC)c(O)c3)cc2)cc1. The topological polar surface area (TPSA) is 82.1 Å². The number of hydrogen-bond acceptors (Lipinski definition) is 6. The molecule has 0 bridgehead atoms. The fourth-order valence-corrected chi connectivity index (χ4v) is 4.43. The van der Waals surface area contributed by atoms with Crippen LogP contribution in [0.4, 0.5) is 0 Å². The van der Waals surface area contributed by atoms with E-state index in [1.165, 1.54) is 56.7 Å². The van der Waals surface area contributed by atoms with Crippen molar-refractivity contribution in [2.75, 3.05) is 6.61 Å². The maximum Gasteiger partial charge on any atom is 0.343 e. The molecule has 6 nitrogen and oxygen atoms in total. The largest absolute Gasteiger partial charge is 0.504 e. The van der Waals surface area contributed by atoms with Crippen molar-refractivity contribution >= 4 is 23.5 Å². The molecule has 0 saturated carbocycles. The van der Waals surface area contributed by atoms with Crippen molar-refractivity contribution in [2.24, 2.45) is 5.92 Å². The van der Waals surface area contributed by atoms with Crippen LogP contribution in [0.15, 0.2) is 66.7 Å². The van der Waals surface area contributed by atoms with Crippen molar-refractivity contribution in [1.82, 2.24) is 0 Å². The number of ether oxygens (including phenoxy) is 3. The molecule has 1 N–H and O–H groups in total. The van der Waals surface area contributed by atoms with Crippen LogP contribution in [0.3, 0.4) is 0 Å². The monoisotopic (exact) mass is 580 g/mol. The summed E-state index contributed by atoms with van der Waals surface area (Å²) >= 11 is 6.12. The summed E-state index contributed by atoms with van der Waals surface area (Å²) < 4.78 is 16.6. The number of rotatable bonds is 16. The molecule has 0 radical (unpaired) electrons. The summed E-state index contributed by atoms with van der Waals surface area (Å²) in [6.07, 6.45) is 9.49. The third-order valence-corrected chi connectivity index (χ3v) is 7.65. The lowest BCUT2D eigenvalue weighted by Gasteiger charge is -2.15. The molecule has 0 aromatic heterocycles. The Balaban J connectivity index is 1.49. The number of alkyl halides is 1. The second-order valence-electron chi connectivity index (χ2n) is 10.3. The van der Waals surface area contributed by atoms with Gasteiger partial charge in [0, 0.05) is 0 Å². The van der Waals surface area contributed by atoms with Gasteiger partial charge in [-0.15, -0.1) is 11.6 Å². The number of halogens is 1. The highest BCUT2D eigenvalue weighted by Crippen LogP contribution is 2.30. The first-order valence-electron chi connectivity index (χ1n) is 14.6. The predicted molar refractivity (Wildman–Crippen MR) is 163 cm³/mol. The van der Waals surface area contributed by atoms with Crippen molar-refractivity contribution in [2.45, 2.75) is 77.5 Å². The molecule has 3 aromatic rings. The fraction of sp³-hybridized carbons (Fsp3) is 0.412. The summed E-state index contributed by atoms with van der Waals surface area (Å²) in [4.78, 5) is 24.8. The van der Waals surface area contributed by atoms with Gasteiger partial charge in [0.25, 0.3) is 0 Å². The molecule has 0 aliphatic heterocycles. The molecule has 220 valence electrons. The number of carbonyl (C=O) groups is 2. The van der Waals surface area contributed by atoms with Crippen LogP contribution in [-0.4, -0.2) is 29.0 Å². The number of aromatic hydroxyl groups is 1. The van der Waals surface area contributed by atoms with Crippen LogP contribution in [-0.2, 0) is 4.79 Å². The third kappa shape index (κ3) is 10.1. The number of unbranched alkanes of at least 4 members (excludes halogenated alkanes) is 6. The van der Waals surface area contributed by atoms with E-state index in [2.05, 4.69) is 6.92 Å². The summed E-state index contributed by atoms with van der Waals surface area (Å²) in [5, 5.41) is 9.45. The second-order valence-corrected chi connectivity index (χ2v) is 10.8. The van der Waals surface area contributed by atoms with Gasteiger partial charge in [0.15, 0.2) is 11.5 Å². The molecule has 7 heteroatoms. The lowest BCUT2D eigenvalue weighted by Crippen LogP contribution is -2.26. The molecule has 0 spiro atoms. The lowest BCUT2D eigenvalue weighted by molar-refractivity contribution is -0.135. The molecule has 0 amide bonds. The smallest absolute Gasteiger partial charge is 0.343 e. The van der Waals surface area contributed by atoms with Crippen molar-refractivity contribution in [3.8, 4) is 34.1 Å². The average molecular weight is 581 g/mol. The number of benzene rings is 3. The molecule has 0 heterocycles. The minimum atomic E-state index is -0.835. The highest BCUT2D eigenvalue weighted by molar-refractivity contribution is 6.30. The molecule has 0 aliphatic carbocycles. The first-order chi connectivity index (χ1) is 19.8. The van der Waals surface area contributed by atoms with Gasteiger partial charge >= 0.3 is 11.9 Å². The molecular formula is C34H41ClO6. The van der Waals surface area contributed by atoms with Gasteiger partial charge in [-0.3, -0.25) is 4.79 Å². The average Bonchev–Trinajstić information content (AvgIpc) is 2.99. The molecule has 41 heavy (non-hydrogen) atoms. The van der Waals surface area contributed by atoms with Crippen molar-refractivity contribution in [3.63, 3.8) is 0 Å². The summed E-state index contributed by atoms with van der Waals surface area (Å²) in [6, 6.07) is 19.1. The number of phenolic OH excluding ortho intramolecular Hbond substituents is 1. The Hall–Kier alpha value is -3.51. The zero-order chi connectivity index (χ0) is 29.6. The summed E-state index contributed by atoms with van der Waals surface area (Å²) in [5.74, 6) is -0.593. The van der Waals surface area contributed by atoms with E-state index in [4.69, 9.17) is 25.8 Å². The Morgan fingerprint density at radius 2 is 1.37 bits per heavy atom. The zero-order valence-corrected chi connectivity index (χ0v) is 25.0. The minimum Gasteiger partial charge on any atom is -0.504 e. The van der Waals surface area contributed by atoms with Gasteiger partial charge in [-0.25, -0.2) is 4.79 Å². The van der Waals surface area contributed by atoms with Crippen LogP contribution in [0.1, 0.15) is 82.5 Å². The summed E-state index contributed by atoms with van der Waals surface area (Å²) in [5.41, 5.74) is 2.11. The predicted octanol–water partition coefficient (Wildman–Crippen LogP) is 8.97. The van der Waals surface area contributed by atoms with Crippen LogP contribution >= 0.6 is 11.6 Å². The van der Waals surface area contributed by atoms with Gasteiger partial charge in [0.2, 0.25) is 0 Å². The highest BCUT2D eigenvalue weighted by atomic mass is 35.5. The maximum absolute atomic E-state index is 12.6. The van der Waals surface area contributed by atoms with Gasteiger partial charge in [-0.05, 0) is 65.9 Å². The number of esters is 2. The standard InChI is InChI=1S/C34H41ClO6/c1-4-6-7-8-9-10-11-22-39-28-17-12-25(13-18-28)26-14-19-29(20-15-26)40-33(37)27-16-21-31(30(36)23-27)41-34(38)32(35)24(3)5-2/h12-21,23-24,32,36H,4-11,22H2,1-3H3/t24-,32-/m0/s1. The van der Waals surface area contributed by atoms with Gasteiger partial charge in [0.05, 0.1) is 12.2 Å². The van der Waals surface area contributed by atoms with E-state index in [1.54, 1.807) is 12.1 Å². The molecule has 0 saturated heterocycles. The normalized spacial score (nSPS) is 12.4. The molecule has 3 rings (SSSR count). The van der Waals surface area contributed by atoms with E-state index >= 15 is 0 Å². The van der Waals surface area contributed by atoms with Gasteiger partial charge in [0.1, 0.15) is 16.9 Å². The van der Waals surface area contributed by atoms with Crippen LogP contribution in [0.25, 0.3) is 11.1 Å². The van der Waals surface area contributed by atoms with E-state index in [-0.39, 0.29) is 23.0 Å². The van der Waals surface area contributed by atoms with E-state index in [9.17, 15) is 14.7 Å². The van der Waals surface area contributed by atoms with E-state index in [0.717, 1.165) is 29.9 Å². The van der Waals surface area contributed by atoms with Crippen LogP contribution < -0.4 is 14.2 Å². The molecule has 0 unspecified atom stereocenters. The van der Waals surface area contributed by atoms with Gasteiger partial charge < -0.3 is 19.3 Å². The number of phenols is 1. The van der Waals surface area contributed by atoms with Crippen LogP contribution in [0.5, 0.6) is 23.0 Å². The first-order valence-corrected chi connectivity index (χ1v) is 15.0. The van der Waals surface area contributed by atoms with Crippen molar-refractivity contribution in [1.29, 1.82) is 0 Å². The Bertz CT molecular complexity index is 1240. The van der Waals surface area contributed by atoms with Crippen molar-refractivity contribution < 1.29 is 28.9 Å². The Morgan fingerprint density at radius 1 is 0.780 bits per heavy atom. The molecule has 2 atom stereocenters. The lowest BCUT2D eigenvalue weighted by atomic mass is 10.1. The first kappa shape index (κ1) is 32.0. The molecular weight excluding hydrogens is 540 g/mol. The number of hydrogen-bond donors (Lipinski definition) is 1. The Labute approximate surface area is 248 Å². The zero-order valence-electron chi connectivity index (χ0n) is 24.2. The van der Waals surface area contributed by atoms with Gasteiger partial charge in [-0.1, -0.05) is 90.0 Å². The quantitative estimate of drug-likeness (QED) is 0.0788. The highest BCUT2D eigenvalue weighted by Gasteiger charge is 2.24. The van der Waals surface area contributed by atoms with E-state index < -0.39 is 17.3 Å². The van der Waals surface area contributed by atoms with E-state index in [0.29, 0.717) is 12.2 Å². The van der Waals surface area contributed by atoms with Crippen LogP contribution in [0.2, 0.25) is 0 Å². The Morgan fingerprint density at radius 3 is 1.95 bits per heavy atom. The summed E-state index contributed by atoms with van der Waals surface area (Å²) in [7, 11) is 0. The van der Waals surface area contributed by atoms with E-state index in [1.807, 2.05) is 50.2 Å². The summed E-state index contributed by atoms with van der Waals surface area (Å²) in [6.45, 7) is 6.72.